The molecule has 0 bridgehead atoms. The van der Waals surface area contributed by atoms with Crippen molar-refractivity contribution < 1.29 is 27.0 Å². The monoisotopic (exact) mass is 177 g/mol. The molecule has 0 heterocycles. The summed E-state index contributed by atoms with van der Waals surface area (Å²) < 4.78 is 0. The Bertz CT molecular complexity index is 208. The maximum Gasteiger partial charge on any atom is 3.00 e. The summed E-state index contributed by atoms with van der Waals surface area (Å²) in [5.74, 6) is -1.13. The van der Waals surface area contributed by atoms with Crippen LogP contribution in [0.2, 0.25) is 0 Å². The number of carbonyl (C=O) groups is 1. The van der Waals surface area contributed by atoms with Crippen molar-refractivity contribution in [1.82, 2.24) is 0 Å². The van der Waals surface area contributed by atoms with Crippen molar-refractivity contribution in [3.63, 3.8) is 0 Å². The van der Waals surface area contributed by atoms with E-state index in [1.165, 1.54) is 12.1 Å². The van der Waals surface area contributed by atoms with Crippen LogP contribution in [0.15, 0.2) is 30.3 Å². The molecule has 1 aromatic carbocycles. The number of carbonyl (C=O) groups excluding carboxylic acids is 1. The minimum absolute atomic E-state index is 0. The summed E-state index contributed by atoms with van der Waals surface area (Å²) in [5, 5.41) is 10.1. The average Bonchev–Trinajstić information content (AvgIpc) is 1.90. The molecule has 0 atom stereocenters. The van der Waals surface area contributed by atoms with Crippen LogP contribution in [0.1, 0.15) is 10.4 Å². The normalized spacial score (nSPS) is 8.00. The Morgan fingerprint density at radius 1 is 1.20 bits per heavy atom. The summed E-state index contributed by atoms with van der Waals surface area (Å²) in [6.07, 6.45) is 0. The number of aromatic carboxylic acids is 1. The molecule has 0 amide bonds. The van der Waals surface area contributed by atoms with Gasteiger partial charge in [-0.2, -0.15) is 0 Å². The zero-order valence-electron chi connectivity index (χ0n) is 5.06. The fraction of sp³-hybridized carbons (Fsp3) is 0. The molecule has 0 N–H and O–H groups in total. The third-order valence-corrected chi connectivity index (χ3v) is 1.01. The van der Waals surface area contributed by atoms with Gasteiger partial charge in [-0.25, -0.2) is 0 Å². The molecule has 0 fully saturated rings. The second kappa shape index (κ2) is 4.09. The van der Waals surface area contributed by atoms with Gasteiger partial charge in [0.15, 0.2) is 0 Å². The van der Waals surface area contributed by atoms with Gasteiger partial charge in [0.25, 0.3) is 0 Å². The van der Waals surface area contributed by atoms with Crippen LogP contribution >= 0.6 is 0 Å². The molecule has 0 saturated heterocycles. The van der Waals surface area contributed by atoms with Gasteiger partial charge in [-0.05, 0) is 5.56 Å². The summed E-state index contributed by atoms with van der Waals surface area (Å²) in [6, 6.07) is 8.06. The van der Waals surface area contributed by atoms with Crippen LogP contribution in [0.25, 0.3) is 0 Å². The van der Waals surface area contributed by atoms with E-state index in [0.717, 1.165) is 0 Å². The third-order valence-electron chi connectivity index (χ3n) is 1.01. The number of benzene rings is 1. The topological polar surface area (TPSA) is 40.1 Å². The predicted molar refractivity (Wildman–Crippen MR) is 30.8 cm³/mol. The van der Waals surface area contributed by atoms with Gasteiger partial charge in [-0.3, -0.25) is 0 Å². The predicted octanol–water partition coefficient (Wildman–Crippen LogP) is 0.0476. The minimum Gasteiger partial charge on any atom is -0.545 e. The summed E-state index contributed by atoms with van der Waals surface area (Å²) in [7, 11) is 0. The summed E-state index contributed by atoms with van der Waals surface area (Å²) in [6.45, 7) is 0. The van der Waals surface area contributed by atoms with E-state index < -0.39 is 5.97 Å². The van der Waals surface area contributed by atoms with Crippen LogP contribution in [0, 0.1) is 0 Å². The van der Waals surface area contributed by atoms with E-state index in [2.05, 4.69) is 0 Å². The third kappa shape index (κ3) is 2.21. The van der Waals surface area contributed by atoms with Gasteiger partial charge in [-0.15, -0.1) is 0 Å². The maximum absolute atomic E-state index is 10.1. The summed E-state index contributed by atoms with van der Waals surface area (Å²) >= 11 is 0. The zero-order valence-corrected chi connectivity index (χ0v) is 6.16. The Morgan fingerprint density at radius 2 is 1.70 bits per heavy atom. The summed E-state index contributed by atoms with van der Waals surface area (Å²) in [4.78, 5) is 10.1. The zero-order chi connectivity index (χ0) is 6.69. The second-order valence-electron chi connectivity index (χ2n) is 1.65. The molecule has 0 saturated carbocycles. The molecule has 0 spiro atoms. The first kappa shape index (κ1) is 9.21. The molecule has 10 heavy (non-hydrogen) atoms. The van der Waals surface area contributed by atoms with E-state index in [9.17, 15) is 9.90 Å². The first-order valence-corrected chi connectivity index (χ1v) is 2.57. The van der Waals surface area contributed by atoms with E-state index in [-0.39, 0.29) is 22.6 Å². The van der Waals surface area contributed by atoms with Gasteiger partial charge in [0.1, 0.15) is 0 Å². The fourth-order valence-corrected chi connectivity index (χ4v) is 0.574. The Morgan fingerprint density at radius 3 is 2.00 bits per heavy atom. The Labute approximate surface area is 69.3 Å². The first-order chi connectivity index (χ1) is 4.30. The summed E-state index contributed by atoms with van der Waals surface area (Å²) in [5.41, 5.74) is 0.220. The minimum atomic E-state index is -1.13. The van der Waals surface area contributed by atoms with Crippen LogP contribution < -0.4 is 5.11 Å². The fourth-order valence-electron chi connectivity index (χ4n) is 0.574. The molecule has 51 valence electrons. The quantitative estimate of drug-likeness (QED) is 0.568. The van der Waals surface area contributed by atoms with Crippen molar-refractivity contribution in [1.29, 1.82) is 0 Å². The van der Waals surface area contributed by atoms with Crippen LogP contribution in [-0.2, 0) is 17.1 Å². The number of carboxylic acid groups (broad SMARTS) is 1. The van der Waals surface area contributed by atoms with Crippen molar-refractivity contribution in [3.05, 3.63) is 35.9 Å². The number of hydrogen-bond donors (Lipinski definition) is 0. The molecular weight excluding hydrogens is 172 g/mol. The maximum atomic E-state index is 10.1. The van der Waals surface area contributed by atoms with Crippen LogP contribution in [-0.4, -0.2) is 5.97 Å². The average molecular weight is 177 g/mol. The van der Waals surface area contributed by atoms with E-state index in [0.29, 0.717) is 0 Å². The van der Waals surface area contributed by atoms with E-state index >= 15 is 0 Å². The second-order valence-corrected chi connectivity index (χ2v) is 1.65. The number of rotatable bonds is 1. The van der Waals surface area contributed by atoms with E-state index in [4.69, 9.17) is 0 Å². The van der Waals surface area contributed by atoms with Crippen molar-refractivity contribution in [3.8, 4) is 0 Å². The van der Waals surface area contributed by atoms with Gasteiger partial charge < -0.3 is 9.90 Å². The Kier molecular flexibility index (Phi) is 3.77. The smallest absolute Gasteiger partial charge is 0.545 e. The van der Waals surface area contributed by atoms with Crippen molar-refractivity contribution in [2.75, 3.05) is 0 Å². The Hall–Kier alpha value is -0.791. The van der Waals surface area contributed by atoms with Crippen LogP contribution in [0.4, 0.5) is 0 Å². The standard InChI is InChI=1S/C7H6O2.Fe/c8-7(9)6-4-2-1-3-5-6;/h1-5H,(H,8,9);/q;+3/p-1. The molecule has 0 unspecified atom stereocenters. The Balaban J connectivity index is 0.000000810. The molecule has 1 radical (unpaired) electrons. The molecule has 0 aliphatic rings. The first-order valence-electron chi connectivity index (χ1n) is 2.57. The largest absolute Gasteiger partial charge is 3.00 e. The van der Waals surface area contributed by atoms with Gasteiger partial charge >= 0.3 is 17.1 Å². The van der Waals surface area contributed by atoms with Gasteiger partial charge in [-0.1, -0.05) is 30.3 Å². The van der Waals surface area contributed by atoms with Crippen molar-refractivity contribution in [2.45, 2.75) is 0 Å². The molecule has 3 heteroatoms. The molecule has 2 nitrogen and oxygen atoms in total. The number of carboxylic acids is 1. The molecule has 1 aromatic rings. The van der Waals surface area contributed by atoms with Gasteiger partial charge in [0.05, 0.1) is 5.97 Å². The molecule has 0 aromatic heterocycles. The van der Waals surface area contributed by atoms with Crippen molar-refractivity contribution >= 4 is 5.97 Å². The van der Waals surface area contributed by atoms with Crippen LogP contribution in [0.3, 0.4) is 0 Å². The molecular formula is C7H5FeO2+2. The molecule has 1 rings (SSSR count). The van der Waals surface area contributed by atoms with Gasteiger partial charge in [0.2, 0.25) is 0 Å². The van der Waals surface area contributed by atoms with Crippen LogP contribution in [0.5, 0.6) is 0 Å². The SMILES string of the molecule is O=C([O-])c1ccccc1.[Fe+3]. The molecule has 0 aliphatic carbocycles. The molecule has 0 aliphatic heterocycles. The number of hydrogen-bond acceptors (Lipinski definition) is 2. The van der Waals surface area contributed by atoms with Crippen molar-refractivity contribution in [2.24, 2.45) is 0 Å². The van der Waals surface area contributed by atoms with Gasteiger partial charge in [0, 0.05) is 0 Å². The van der Waals surface area contributed by atoms with E-state index in [1.54, 1.807) is 18.2 Å². The van der Waals surface area contributed by atoms with E-state index in [1.807, 2.05) is 0 Å².